The van der Waals surface area contributed by atoms with Gasteiger partial charge in [0.1, 0.15) is 17.8 Å². The van der Waals surface area contributed by atoms with Crippen molar-refractivity contribution in [3.8, 4) is 0 Å². The second-order valence-corrected chi connectivity index (χ2v) is 6.59. The third-order valence-corrected chi connectivity index (χ3v) is 4.85. The van der Waals surface area contributed by atoms with Crippen molar-refractivity contribution in [1.82, 2.24) is 0 Å². The molecule has 0 radical (unpaired) electrons. The van der Waals surface area contributed by atoms with E-state index in [9.17, 15) is 20.4 Å². The van der Waals surface area contributed by atoms with Gasteiger partial charge in [0.15, 0.2) is 0 Å². The van der Waals surface area contributed by atoms with Gasteiger partial charge in [0.25, 0.3) is 0 Å². The topological polar surface area (TPSA) is 99.4 Å². The Kier molecular flexibility index (Phi) is 5.72. The molecule has 2 aromatic carbocycles. The highest BCUT2D eigenvalue weighted by atomic mass is 16.7. The molecule has 2 aromatic rings. The van der Waals surface area contributed by atoms with Gasteiger partial charge in [0.05, 0.1) is 19.8 Å². The van der Waals surface area contributed by atoms with Crippen molar-refractivity contribution in [3.05, 3.63) is 71.8 Å². The molecule has 140 valence electrons. The van der Waals surface area contributed by atoms with E-state index in [-0.39, 0.29) is 13.0 Å². The zero-order valence-corrected chi connectivity index (χ0v) is 14.4. The molecule has 1 aliphatic heterocycles. The number of ether oxygens (including phenoxy) is 2. The maximum absolute atomic E-state index is 10.8. The highest BCUT2D eigenvalue weighted by molar-refractivity contribution is 5.22. The summed E-state index contributed by atoms with van der Waals surface area (Å²) in [6, 6.07) is 18.7. The molecule has 0 spiro atoms. The van der Waals surface area contributed by atoms with Gasteiger partial charge in [-0.2, -0.15) is 0 Å². The van der Waals surface area contributed by atoms with E-state index >= 15 is 0 Å². The Morgan fingerprint density at radius 3 is 2.04 bits per heavy atom. The summed E-state index contributed by atoms with van der Waals surface area (Å²) in [4.78, 5) is 0. The second-order valence-electron chi connectivity index (χ2n) is 6.59. The number of hydrogen-bond acceptors (Lipinski definition) is 6. The quantitative estimate of drug-likeness (QED) is 0.578. The lowest BCUT2D eigenvalue weighted by Crippen LogP contribution is -2.56. The van der Waals surface area contributed by atoms with Crippen LogP contribution in [0.15, 0.2) is 60.7 Å². The van der Waals surface area contributed by atoms with Crippen LogP contribution in [-0.4, -0.2) is 57.2 Å². The molecule has 26 heavy (non-hydrogen) atoms. The van der Waals surface area contributed by atoms with Gasteiger partial charge in [-0.05, 0) is 11.1 Å². The van der Waals surface area contributed by atoms with Crippen molar-refractivity contribution in [2.75, 3.05) is 13.2 Å². The lowest BCUT2D eigenvalue weighted by atomic mass is 9.83. The summed E-state index contributed by atoms with van der Waals surface area (Å²) >= 11 is 0. The summed E-state index contributed by atoms with van der Waals surface area (Å²) in [7, 11) is 0. The molecule has 0 aromatic heterocycles. The van der Waals surface area contributed by atoms with E-state index in [1.54, 1.807) is 0 Å². The maximum Gasteiger partial charge on any atom is 0.219 e. The van der Waals surface area contributed by atoms with E-state index in [0.717, 1.165) is 11.1 Å². The van der Waals surface area contributed by atoms with Crippen LogP contribution in [0.5, 0.6) is 0 Å². The van der Waals surface area contributed by atoms with Crippen LogP contribution in [0.25, 0.3) is 0 Å². The molecule has 3 rings (SSSR count). The summed E-state index contributed by atoms with van der Waals surface area (Å²) in [5, 5.41) is 40.6. The van der Waals surface area contributed by atoms with Crippen molar-refractivity contribution < 1.29 is 29.9 Å². The first-order chi connectivity index (χ1) is 12.5. The number of benzene rings is 2. The highest BCUT2D eigenvalue weighted by Crippen LogP contribution is 2.42. The highest BCUT2D eigenvalue weighted by Gasteiger charge is 2.63. The number of hydrogen-bond donors (Lipinski definition) is 4. The molecule has 0 bridgehead atoms. The molecule has 0 unspecified atom stereocenters. The third kappa shape index (κ3) is 3.53. The molecule has 1 aliphatic rings. The van der Waals surface area contributed by atoms with Crippen LogP contribution < -0.4 is 0 Å². The minimum atomic E-state index is -2.20. The fourth-order valence-corrected chi connectivity index (χ4v) is 3.42. The SMILES string of the molecule is OC[C@H]1O[C@@](O)(CO)[C@@H](O)[C@]1(Cc1ccccc1)OCc1ccccc1. The Balaban J connectivity index is 1.94. The van der Waals surface area contributed by atoms with Crippen LogP contribution >= 0.6 is 0 Å². The number of aliphatic hydroxyl groups is 4. The van der Waals surface area contributed by atoms with Crippen molar-refractivity contribution >= 4 is 0 Å². The molecule has 6 heteroatoms. The van der Waals surface area contributed by atoms with Crippen LogP contribution in [0, 0.1) is 0 Å². The number of aliphatic hydroxyl groups excluding tert-OH is 3. The lowest BCUT2D eigenvalue weighted by Gasteiger charge is -2.36. The predicted octanol–water partition coefficient (Wildman–Crippen LogP) is 0.618. The van der Waals surface area contributed by atoms with E-state index in [0.29, 0.717) is 0 Å². The van der Waals surface area contributed by atoms with E-state index < -0.39 is 36.8 Å². The Hall–Kier alpha value is -1.80. The van der Waals surface area contributed by atoms with Gasteiger partial charge >= 0.3 is 0 Å². The summed E-state index contributed by atoms with van der Waals surface area (Å²) < 4.78 is 11.5. The van der Waals surface area contributed by atoms with E-state index in [4.69, 9.17) is 9.47 Å². The molecule has 4 N–H and O–H groups in total. The van der Waals surface area contributed by atoms with Crippen LogP contribution in [-0.2, 0) is 22.5 Å². The van der Waals surface area contributed by atoms with Crippen LogP contribution in [0.1, 0.15) is 11.1 Å². The first-order valence-electron chi connectivity index (χ1n) is 8.56. The number of rotatable bonds is 7. The fourth-order valence-electron chi connectivity index (χ4n) is 3.42. The first-order valence-corrected chi connectivity index (χ1v) is 8.56. The molecule has 1 heterocycles. The Bertz CT molecular complexity index is 694. The lowest BCUT2D eigenvalue weighted by molar-refractivity contribution is -0.249. The zero-order chi connectivity index (χ0) is 18.6. The molecule has 0 saturated carbocycles. The average molecular weight is 360 g/mol. The Morgan fingerprint density at radius 1 is 0.923 bits per heavy atom. The van der Waals surface area contributed by atoms with Crippen molar-refractivity contribution in [3.63, 3.8) is 0 Å². The molecule has 0 amide bonds. The van der Waals surface area contributed by atoms with Gasteiger partial charge in [-0.1, -0.05) is 60.7 Å². The molecule has 4 atom stereocenters. The standard InChI is InChI=1S/C20H24O6/c21-12-17-19(11-15-7-3-1-4-8-15,18(23)20(24,14-22)26-17)25-13-16-9-5-2-6-10-16/h1-10,17-18,21-24H,11-14H2/t17-,18+,19-,20+/m1/s1. The van der Waals surface area contributed by atoms with Gasteiger partial charge in [-0.3, -0.25) is 0 Å². The first kappa shape index (κ1) is 19.0. The largest absolute Gasteiger partial charge is 0.394 e. The Labute approximate surface area is 152 Å². The minimum Gasteiger partial charge on any atom is -0.394 e. The predicted molar refractivity (Wildman–Crippen MR) is 94.1 cm³/mol. The van der Waals surface area contributed by atoms with E-state index in [1.807, 2.05) is 60.7 Å². The van der Waals surface area contributed by atoms with Gasteiger partial charge in [0.2, 0.25) is 5.79 Å². The van der Waals surface area contributed by atoms with Crippen molar-refractivity contribution in [2.45, 2.75) is 36.6 Å². The molecular weight excluding hydrogens is 336 g/mol. The summed E-state index contributed by atoms with van der Waals surface area (Å²) in [6.45, 7) is -1.12. The van der Waals surface area contributed by atoms with Crippen LogP contribution in [0.3, 0.4) is 0 Å². The summed E-state index contributed by atoms with van der Waals surface area (Å²) in [5.74, 6) is -2.20. The summed E-state index contributed by atoms with van der Waals surface area (Å²) in [6.07, 6.45) is -2.34. The van der Waals surface area contributed by atoms with Gasteiger partial charge < -0.3 is 29.9 Å². The van der Waals surface area contributed by atoms with Crippen molar-refractivity contribution in [1.29, 1.82) is 0 Å². The molecule has 1 saturated heterocycles. The monoisotopic (exact) mass is 360 g/mol. The summed E-state index contributed by atoms with van der Waals surface area (Å²) in [5.41, 5.74) is 0.316. The Morgan fingerprint density at radius 2 is 1.50 bits per heavy atom. The smallest absolute Gasteiger partial charge is 0.219 e. The van der Waals surface area contributed by atoms with Crippen LogP contribution in [0.2, 0.25) is 0 Å². The van der Waals surface area contributed by atoms with E-state index in [2.05, 4.69) is 0 Å². The molecular formula is C20H24O6. The molecule has 1 fully saturated rings. The second kappa shape index (κ2) is 7.84. The molecule has 6 nitrogen and oxygen atoms in total. The minimum absolute atomic E-state index is 0.159. The average Bonchev–Trinajstić information content (AvgIpc) is 2.90. The maximum atomic E-state index is 10.8. The van der Waals surface area contributed by atoms with Gasteiger partial charge in [-0.15, -0.1) is 0 Å². The zero-order valence-electron chi connectivity index (χ0n) is 14.4. The molecule has 0 aliphatic carbocycles. The third-order valence-electron chi connectivity index (χ3n) is 4.85. The van der Waals surface area contributed by atoms with Gasteiger partial charge in [0, 0.05) is 6.42 Å². The fraction of sp³-hybridized carbons (Fsp3) is 0.400. The van der Waals surface area contributed by atoms with Crippen molar-refractivity contribution in [2.24, 2.45) is 0 Å². The van der Waals surface area contributed by atoms with Gasteiger partial charge in [-0.25, -0.2) is 0 Å². The van der Waals surface area contributed by atoms with Crippen LogP contribution in [0.4, 0.5) is 0 Å². The normalized spacial score (nSPS) is 31.2. The van der Waals surface area contributed by atoms with E-state index in [1.165, 1.54) is 0 Å².